The molecule has 1 aromatic rings. The first-order chi connectivity index (χ1) is 10.9. The largest absolute Gasteiger partial charge is 0.444 e. The molecule has 1 aliphatic heterocycles. The molecule has 1 atom stereocenters. The van der Waals surface area contributed by atoms with E-state index in [1.807, 2.05) is 43.9 Å². The van der Waals surface area contributed by atoms with Gasteiger partial charge in [-0.1, -0.05) is 30.3 Å². The third-order valence-electron chi connectivity index (χ3n) is 3.95. The fourth-order valence-electron chi connectivity index (χ4n) is 2.80. The van der Waals surface area contributed by atoms with Crippen LogP contribution in [-0.4, -0.2) is 36.3 Å². The first-order valence-electron chi connectivity index (χ1n) is 8.53. The summed E-state index contributed by atoms with van der Waals surface area (Å²) in [5.74, 6) is 0.572. The van der Waals surface area contributed by atoms with Gasteiger partial charge in [-0.25, -0.2) is 4.79 Å². The van der Waals surface area contributed by atoms with Crippen LogP contribution in [0.1, 0.15) is 45.6 Å². The lowest BCUT2D eigenvalue weighted by molar-refractivity contribution is 0.0286. The van der Waals surface area contributed by atoms with Crippen molar-refractivity contribution in [2.45, 2.75) is 52.2 Å². The van der Waals surface area contributed by atoms with E-state index in [0.717, 1.165) is 39.0 Å². The Morgan fingerprint density at radius 2 is 2.00 bits per heavy atom. The van der Waals surface area contributed by atoms with Crippen molar-refractivity contribution in [3.8, 4) is 0 Å². The van der Waals surface area contributed by atoms with E-state index in [1.54, 1.807) is 0 Å². The van der Waals surface area contributed by atoms with E-state index in [-0.39, 0.29) is 6.09 Å². The molecule has 0 saturated carbocycles. The number of nitrogens with zero attached hydrogens (tertiary/aromatic N) is 1. The molecule has 2 rings (SSSR count). The van der Waals surface area contributed by atoms with Crippen LogP contribution in [0.2, 0.25) is 0 Å². The van der Waals surface area contributed by atoms with Crippen LogP contribution < -0.4 is 0 Å². The average Bonchev–Trinajstić information content (AvgIpc) is 2.95. The van der Waals surface area contributed by atoms with Gasteiger partial charge in [0.2, 0.25) is 0 Å². The van der Waals surface area contributed by atoms with Gasteiger partial charge in [0.05, 0.1) is 6.61 Å². The minimum atomic E-state index is -0.416. The van der Waals surface area contributed by atoms with Gasteiger partial charge in [0.15, 0.2) is 0 Å². The number of carbonyl (C=O) groups is 1. The van der Waals surface area contributed by atoms with Crippen molar-refractivity contribution in [3.05, 3.63) is 35.9 Å². The second-order valence-corrected chi connectivity index (χ2v) is 7.26. The Morgan fingerprint density at radius 3 is 2.70 bits per heavy atom. The number of ether oxygens (including phenoxy) is 2. The molecule has 0 bridgehead atoms. The number of likely N-dealkylation sites (tertiary alicyclic amines) is 1. The quantitative estimate of drug-likeness (QED) is 0.736. The van der Waals surface area contributed by atoms with Gasteiger partial charge in [-0.15, -0.1) is 0 Å². The van der Waals surface area contributed by atoms with Crippen molar-refractivity contribution in [2.75, 3.05) is 19.7 Å². The molecular weight excluding hydrogens is 290 g/mol. The van der Waals surface area contributed by atoms with Crippen molar-refractivity contribution >= 4 is 6.09 Å². The maximum absolute atomic E-state index is 12.0. The molecular formula is C19H29NO3. The molecule has 23 heavy (non-hydrogen) atoms. The third kappa shape index (κ3) is 6.61. The third-order valence-corrected chi connectivity index (χ3v) is 3.95. The Bertz CT molecular complexity index is 481. The predicted octanol–water partition coefficient (Wildman–Crippen LogP) is 4.24. The highest BCUT2D eigenvalue weighted by atomic mass is 16.6. The molecule has 1 amide bonds. The van der Waals surface area contributed by atoms with Gasteiger partial charge in [-0.05, 0) is 51.5 Å². The van der Waals surface area contributed by atoms with Crippen LogP contribution in [0.25, 0.3) is 0 Å². The van der Waals surface area contributed by atoms with Crippen molar-refractivity contribution in [3.63, 3.8) is 0 Å². The summed E-state index contributed by atoms with van der Waals surface area (Å²) in [6.45, 7) is 8.79. The topological polar surface area (TPSA) is 38.8 Å². The average molecular weight is 319 g/mol. The van der Waals surface area contributed by atoms with Gasteiger partial charge in [0.25, 0.3) is 0 Å². The first-order valence-corrected chi connectivity index (χ1v) is 8.53. The summed E-state index contributed by atoms with van der Waals surface area (Å²) in [6.07, 6.45) is 3.03. The van der Waals surface area contributed by atoms with Gasteiger partial charge < -0.3 is 14.4 Å². The van der Waals surface area contributed by atoms with E-state index in [2.05, 4.69) is 12.1 Å². The summed E-state index contributed by atoms with van der Waals surface area (Å²) in [5, 5.41) is 0. The zero-order chi connectivity index (χ0) is 16.7. The molecule has 4 heteroatoms. The first kappa shape index (κ1) is 17.8. The molecule has 1 aromatic carbocycles. The van der Waals surface area contributed by atoms with Crippen molar-refractivity contribution < 1.29 is 14.3 Å². The van der Waals surface area contributed by atoms with Crippen LogP contribution >= 0.6 is 0 Å². The Labute approximate surface area is 139 Å². The molecule has 128 valence electrons. The highest BCUT2D eigenvalue weighted by Gasteiger charge is 2.29. The SMILES string of the molecule is CC(C)(C)OC(=O)N1CCC(CCCOCc2ccccc2)C1. The predicted molar refractivity (Wildman–Crippen MR) is 91.2 cm³/mol. The molecule has 1 saturated heterocycles. The fraction of sp³-hybridized carbons (Fsp3) is 0.632. The summed E-state index contributed by atoms with van der Waals surface area (Å²) in [7, 11) is 0. The highest BCUT2D eigenvalue weighted by Crippen LogP contribution is 2.23. The van der Waals surface area contributed by atoms with Gasteiger partial charge in [-0.2, -0.15) is 0 Å². The molecule has 0 N–H and O–H groups in total. The van der Waals surface area contributed by atoms with Crippen LogP contribution in [-0.2, 0) is 16.1 Å². The van der Waals surface area contributed by atoms with Crippen LogP contribution in [0.3, 0.4) is 0 Å². The van der Waals surface area contributed by atoms with E-state index in [0.29, 0.717) is 12.5 Å². The molecule has 4 nitrogen and oxygen atoms in total. The van der Waals surface area contributed by atoms with Gasteiger partial charge in [-0.3, -0.25) is 0 Å². The molecule has 1 fully saturated rings. The summed E-state index contributed by atoms with van der Waals surface area (Å²) >= 11 is 0. The maximum atomic E-state index is 12.0. The van der Waals surface area contributed by atoms with Gasteiger partial charge >= 0.3 is 6.09 Å². The Morgan fingerprint density at radius 1 is 1.26 bits per heavy atom. The lowest BCUT2D eigenvalue weighted by atomic mass is 10.0. The molecule has 1 aliphatic rings. The van der Waals surface area contributed by atoms with Crippen LogP contribution in [0, 0.1) is 5.92 Å². The lowest BCUT2D eigenvalue weighted by Crippen LogP contribution is -2.35. The second-order valence-electron chi connectivity index (χ2n) is 7.26. The number of rotatable bonds is 6. The van der Waals surface area contributed by atoms with Gasteiger partial charge in [0.1, 0.15) is 5.60 Å². The molecule has 0 aliphatic carbocycles. The monoisotopic (exact) mass is 319 g/mol. The Hall–Kier alpha value is -1.55. The van der Waals surface area contributed by atoms with E-state index in [1.165, 1.54) is 5.56 Å². The molecule has 0 aromatic heterocycles. The number of amides is 1. The normalized spacial score (nSPS) is 18.2. The molecule has 1 heterocycles. The van der Waals surface area contributed by atoms with Crippen LogP contribution in [0.15, 0.2) is 30.3 Å². The molecule has 1 unspecified atom stereocenters. The standard InChI is InChI=1S/C19H29NO3/c1-19(2,3)23-18(21)20-12-11-16(14-20)10-7-13-22-15-17-8-5-4-6-9-17/h4-6,8-9,16H,7,10-15H2,1-3H3. The van der Waals surface area contributed by atoms with Crippen LogP contribution in [0.4, 0.5) is 4.79 Å². The number of hydrogen-bond acceptors (Lipinski definition) is 3. The van der Waals surface area contributed by atoms with Crippen molar-refractivity contribution in [2.24, 2.45) is 5.92 Å². The number of hydrogen-bond donors (Lipinski definition) is 0. The van der Waals surface area contributed by atoms with Gasteiger partial charge in [0, 0.05) is 19.7 Å². The minimum absolute atomic E-state index is 0.180. The second kappa shape index (κ2) is 8.34. The molecule has 0 radical (unpaired) electrons. The minimum Gasteiger partial charge on any atom is -0.444 e. The van der Waals surface area contributed by atoms with Crippen molar-refractivity contribution in [1.82, 2.24) is 4.90 Å². The summed E-state index contributed by atoms with van der Waals surface area (Å²) in [5.41, 5.74) is 0.796. The highest BCUT2D eigenvalue weighted by molar-refractivity contribution is 5.68. The Kier molecular flexibility index (Phi) is 6.46. The Balaban J connectivity index is 1.58. The van der Waals surface area contributed by atoms with E-state index in [4.69, 9.17) is 9.47 Å². The fourth-order valence-corrected chi connectivity index (χ4v) is 2.80. The number of carbonyl (C=O) groups excluding carboxylic acids is 1. The maximum Gasteiger partial charge on any atom is 0.410 e. The zero-order valence-corrected chi connectivity index (χ0v) is 14.6. The van der Waals surface area contributed by atoms with Crippen molar-refractivity contribution in [1.29, 1.82) is 0 Å². The molecule has 0 spiro atoms. The van der Waals surface area contributed by atoms with Crippen LogP contribution in [0.5, 0.6) is 0 Å². The smallest absolute Gasteiger partial charge is 0.410 e. The van der Waals surface area contributed by atoms with E-state index >= 15 is 0 Å². The van der Waals surface area contributed by atoms with E-state index < -0.39 is 5.60 Å². The summed E-state index contributed by atoms with van der Waals surface area (Å²) in [4.78, 5) is 13.9. The lowest BCUT2D eigenvalue weighted by Gasteiger charge is -2.24. The zero-order valence-electron chi connectivity index (χ0n) is 14.6. The van der Waals surface area contributed by atoms with E-state index in [9.17, 15) is 4.79 Å². The summed E-state index contributed by atoms with van der Waals surface area (Å²) < 4.78 is 11.1. The number of benzene rings is 1. The summed E-state index contributed by atoms with van der Waals surface area (Å²) in [6, 6.07) is 10.2.